The Morgan fingerprint density at radius 2 is 1.86 bits per heavy atom. The van der Waals surface area contributed by atoms with E-state index < -0.39 is 17.6 Å². The van der Waals surface area contributed by atoms with E-state index in [0.29, 0.717) is 23.8 Å². The minimum atomic E-state index is -0.619. The summed E-state index contributed by atoms with van der Waals surface area (Å²) in [6, 6.07) is 11.9. The fraction of sp³-hybridized carbons (Fsp3) is 0.150. The van der Waals surface area contributed by atoms with Gasteiger partial charge >= 0.3 is 0 Å². The molecule has 0 saturated heterocycles. The van der Waals surface area contributed by atoms with Crippen molar-refractivity contribution in [3.8, 4) is 17.2 Å². The fourth-order valence-corrected chi connectivity index (χ4v) is 2.54. The first-order valence-electron chi connectivity index (χ1n) is 8.75. The number of nitrogens with zero attached hydrogens (tertiary/aromatic N) is 2. The van der Waals surface area contributed by atoms with Gasteiger partial charge in [-0.3, -0.25) is 20.4 Å². The zero-order valence-corrected chi connectivity index (χ0v) is 15.8. The highest BCUT2D eigenvalue weighted by atomic mass is 19.1. The van der Waals surface area contributed by atoms with Crippen LogP contribution in [0.2, 0.25) is 0 Å². The molecular formula is C20H19FN4O4. The standard InChI is InChI=1S/C20H19FN4O4/c1-3-29-17-8-7-13(11-18(17)28-2)19(26)22-23-20(27)16-9-10-25(24-16)15-6-4-5-14(21)12-15/h4-12H,3H2,1-2H3,(H,22,26)(H,23,27). The molecule has 0 aliphatic carbocycles. The van der Waals surface area contributed by atoms with Gasteiger partial charge in [0.1, 0.15) is 5.82 Å². The van der Waals surface area contributed by atoms with Crippen molar-refractivity contribution in [3.63, 3.8) is 0 Å². The molecular weight excluding hydrogens is 379 g/mol. The molecule has 1 aromatic heterocycles. The summed E-state index contributed by atoms with van der Waals surface area (Å²) in [5.74, 6) is -0.657. The van der Waals surface area contributed by atoms with Crippen molar-refractivity contribution in [2.75, 3.05) is 13.7 Å². The van der Waals surface area contributed by atoms with Crippen molar-refractivity contribution < 1.29 is 23.5 Å². The minimum Gasteiger partial charge on any atom is -0.493 e. The Labute approximate surface area is 166 Å². The number of amides is 2. The number of methoxy groups -OCH3 is 1. The number of rotatable bonds is 6. The molecule has 2 amide bonds. The maximum atomic E-state index is 13.3. The predicted molar refractivity (Wildman–Crippen MR) is 103 cm³/mol. The van der Waals surface area contributed by atoms with Gasteiger partial charge in [0.25, 0.3) is 11.8 Å². The van der Waals surface area contributed by atoms with E-state index in [1.54, 1.807) is 18.2 Å². The third kappa shape index (κ3) is 4.70. The van der Waals surface area contributed by atoms with E-state index in [1.165, 1.54) is 48.3 Å². The molecule has 0 bridgehead atoms. The molecule has 0 atom stereocenters. The molecule has 0 fully saturated rings. The average molecular weight is 398 g/mol. The third-order valence-corrected chi connectivity index (χ3v) is 3.91. The van der Waals surface area contributed by atoms with Gasteiger partial charge in [0.15, 0.2) is 17.2 Å². The molecule has 0 saturated carbocycles. The lowest BCUT2D eigenvalue weighted by Gasteiger charge is -2.11. The summed E-state index contributed by atoms with van der Waals surface area (Å²) >= 11 is 0. The maximum Gasteiger partial charge on any atom is 0.290 e. The third-order valence-electron chi connectivity index (χ3n) is 3.91. The Bertz CT molecular complexity index is 1030. The zero-order chi connectivity index (χ0) is 20.8. The predicted octanol–water partition coefficient (Wildman–Crippen LogP) is 2.49. The second-order valence-corrected chi connectivity index (χ2v) is 5.83. The van der Waals surface area contributed by atoms with E-state index in [-0.39, 0.29) is 11.3 Å². The second-order valence-electron chi connectivity index (χ2n) is 5.83. The molecule has 2 aromatic carbocycles. The van der Waals surface area contributed by atoms with E-state index in [1.807, 2.05) is 6.92 Å². The maximum absolute atomic E-state index is 13.3. The van der Waals surface area contributed by atoms with Crippen molar-refractivity contribution in [1.82, 2.24) is 20.6 Å². The molecule has 0 aliphatic heterocycles. The number of hydrazine groups is 1. The number of carbonyl (C=O) groups is 2. The molecule has 3 rings (SSSR count). The van der Waals surface area contributed by atoms with Crippen molar-refractivity contribution in [1.29, 1.82) is 0 Å². The van der Waals surface area contributed by atoms with Crippen LogP contribution < -0.4 is 20.3 Å². The highest BCUT2D eigenvalue weighted by molar-refractivity contribution is 5.98. The van der Waals surface area contributed by atoms with Gasteiger partial charge in [-0.2, -0.15) is 5.10 Å². The highest BCUT2D eigenvalue weighted by Gasteiger charge is 2.14. The molecule has 150 valence electrons. The van der Waals surface area contributed by atoms with Gasteiger partial charge < -0.3 is 9.47 Å². The van der Waals surface area contributed by atoms with Gasteiger partial charge in [-0.1, -0.05) is 6.07 Å². The van der Waals surface area contributed by atoms with Gasteiger partial charge in [0.05, 0.1) is 19.4 Å². The lowest BCUT2D eigenvalue weighted by atomic mass is 10.2. The van der Waals surface area contributed by atoms with Crippen LogP contribution in [0.3, 0.4) is 0 Å². The lowest BCUT2D eigenvalue weighted by Crippen LogP contribution is -2.41. The van der Waals surface area contributed by atoms with Gasteiger partial charge in [-0.25, -0.2) is 9.07 Å². The molecule has 1 heterocycles. The molecule has 29 heavy (non-hydrogen) atoms. The van der Waals surface area contributed by atoms with Crippen LogP contribution >= 0.6 is 0 Å². The highest BCUT2D eigenvalue weighted by Crippen LogP contribution is 2.27. The smallest absolute Gasteiger partial charge is 0.290 e. The van der Waals surface area contributed by atoms with Crippen LogP contribution in [-0.2, 0) is 0 Å². The summed E-state index contributed by atoms with van der Waals surface area (Å²) in [5.41, 5.74) is 5.40. The number of hydrogen-bond acceptors (Lipinski definition) is 5. The van der Waals surface area contributed by atoms with Crippen LogP contribution in [0.15, 0.2) is 54.7 Å². The SMILES string of the molecule is CCOc1ccc(C(=O)NNC(=O)c2ccn(-c3cccc(F)c3)n2)cc1OC. The monoisotopic (exact) mass is 398 g/mol. The van der Waals surface area contributed by atoms with E-state index in [4.69, 9.17) is 9.47 Å². The quantitative estimate of drug-likeness (QED) is 0.622. The van der Waals surface area contributed by atoms with Gasteiger partial charge in [-0.15, -0.1) is 0 Å². The number of carbonyl (C=O) groups excluding carboxylic acids is 2. The Balaban J connectivity index is 1.64. The summed E-state index contributed by atoms with van der Waals surface area (Å²) in [6.07, 6.45) is 1.52. The summed E-state index contributed by atoms with van der Waals surface area (Å²) in [6.45, 7) is 2.30. The Morgan fingerprint density at radius 3 is 2.59 bits per heavy atom. The lowest BCUT2D eigenvalue weighted by molar-refractivity contribution is 0.0843. The van der Waals surface area contributed by atoms with Crippen molar-refractivity contribution in [3.05, 3.63) is 71.8 Å². The van der Waals surface area contributed by atoms with Gasteiger partial charge in [0.2, 0.25) is 0 Å². The second kappa shape index (κ2) is 8.87. The zero-order valence-electron chi connectivity index (χ0n) is 15.8. The first-order chi connectivity index (χ1) is 14.0. The fourth-order valence-electron chi connectivity index (χ4n) is 2.54. The van der Waals surface area contributed by atoms with E-state index in [2.05, 4.69) is 16.0 Å². The summed E-state index contributed by atoms with van der Waals surface area (Å²) < 4.78 is 25.3. The number of hydrogen-bond donors (Lipinski definition) is 2. The van der Waals surface area contributed by atoms with E-state index in [0.717, 1.165) is 0 Å². The first-order valence-corrected chi connectivity index (χ1v) is 8.75. The molecule has 9 heteroatoms. The molecule has 8 nitrogen and oxygen atoms in total. The molecule has 0 spiro atoms. The van der Waals surface area contributed by atoms with Crippen LogP contribution in [0.1, 0.15) is 27.8 Å². The summed E-state index contributed by atoms with van der Waals surface area (Å²) in [7, 11) is 1.47. The molecule has 2 N–H and O–H groups in total. The van der Waals surface area contributed by atoms with Crippen molar-refractivity contribution in [2.45, 2.75) is 6.92 Å². The Morgan fingerprint density at radius 1 is 1.07 bits per heavy atom. The summed E-state index contributed by atoms with van der Waals surface area (Å²) in [5, 5.41) is 4.08. The first kappa shape index (κ1) is 19.9. The van der Waals surface area contributed by atoms with Crippen molar-refractivity contribution in [2.24, 2.45) is 0 Å². The molecule has 0 unspecified atom stereocenters. The van der Waals surface area contributed by atoms with Crippen LogP contribution in [0.4, 0.5) is 4.39 Å². The van der Waals surface area contributed by atoms with Crippen LogP contribution in [0, 0.1) is 5.82 Å². The number of benzene rings is 2. The number of ether oxygens (including phenoxy) is 2. The van der Waals surface area contributed by atoms with Crippen molar-refractivity contribution >= 4 is 11.8 Å². The largest absolute Gasteiger partial charge is 0.493 e. The van der Waals surface area contributed by atoms with Crippen LogP contribution in [0.25, 0.3) is 5.69 Å². The Hall–Kier alpha value is -3.88. The van der Waals surface area contributed by atoms with E-state index in [9.17, 15) is 14.0 Å². The average Bonchev–Trinajstić information content (AvgIpc) is 3.22. The Kier molecular flexibility index (Phi) is 6.08. The normalized spacial score (nSPS) is 10.3. The number of halogens is 1. The van der Waals surface area contributed by atoms with Crippen LogP contribution in [-0.4, -0.2) is 35.3 Å². The molecule has 0 radical (unpaired) electrons. The molecule has 0 aliphatic rings. The van der Waals surface area contributed by atoms with E-state index >= 15 is 0 Å². The number of nitrogens with one attached hydrogen (secondary N) is 2. The van der Waals surface area contributed by atoms with Gasteiger partial charge in [-0.05, 0) is 49.4 Å². The minimum absolute atomic E-state index is 0.0545. The number of aromatic nitrogens is 2. The molecule has 3 aromatic rings. The summed E-state index contributed by atoms with van der Waals surface area (Å²) in [4.78, 5) is 24.5. The topological polar surface area (TPSA) is 94.5 Å². The van der Waals surface area contributed by atoms with Gasteiger partial charge in [0, 0.05) is 11.8 Å². The van der Waals surface area contributed by atoms with Crippen LogP contribution in [0.5, 0.6) is 11.5 Å².